The molecule has 0 spiro atoms. The first kappa shape index (κ1) is 46.2. The maximum Gasteiger partial charge on any atom is 0.472 e. The fraction of sp³-hybridized carbons (Fsp3) is 0.718. The summed E-state index contributed by atoms with van der Waals surface area (Å²) in [4.78, 5) is 22.3. The highest BCUT2D eigenvalue weighted by Gasteiger charge is 2.25. The number of carbonyl (C=O) groups is 1. The van der Waals surface area contributed by atoms with Crippen LogP contribution in [-0.2, 0) is 27.9 Å². The van der Waals surface area contributed by atoms with E-state index in [2.05, 4.69) is 74.6 Å². The number of rotatable bonds is 35. The van der Waals surface area contributed by atoms with E-state index >= 15 is 0 Å². The Labute approximate surface area is 293 Å². The molecule has 3 N–H and O–H groups in total. The van der Waals surface area contributed by atoms with Crippen molar-refractivity contribution in [2.45, 2.75) is 148 Å². The zero-order valence-electron chi connectivity index (χ0n) is 30.4. The molecule has 0 rings (SSSR count). The summed E-state index contributed by atoms with van der Waals surface area (Å²) in [6, 6.07) is 0. The van der Waals surface area contributed by atoms with Crippen molar-refractivity contribution in [3.63, 3.8) is 0 Å². The molecule has 2 unspecified atom stereocenters. The van der Waals surface area contributed by atoms with Crippen molar-refractivity contribution in [1.29, 1.82) is 0 Å². The number of esters is 1. The molecule has 0 heterocycles. The maximum absolute atomic E-state index is 12.5. The van der Waals surface area contributed by atoms with Gasteiger partial charge in [0.1, 0.15) is 6.10 Å². The molecule has 0 aromatic heterocycles. The Bertz CT molecular complexity index is 916. The van der Waals surface area contributed by atoms with Crippen LogP contribution in [0.2, 0.25) is 0 Å². The monoisotopic (exact) mass is 695 g/mol. The molecule has 48 heavy (non-hydrogen) atoms. The molecule has 9 heteroatoms. The van der Waals surface area contributed by atoms with Gasteiger partial charge in [-0.2, -0.15) is 0 Å². The second kappa shape index (κ2) is 36.5. The van der Waals surface area contributed by atoms with E-state index in [1.807, 2.05) is 0 Å². The summed E-state index contributed by atoms with van der Waals surface area (Å²) in [5.74, 6) is -0.350. The van der Waals surface area contributed by atoms with E-state index in [1.54, 1.807) is 0 Å². The number of carbonyl (C=O) groups excluding carboxylic acids is 1. The Morgan fingerprint density at radius 1 is 0.646 bits per heavy atom. The number of unbranched alkanes of at least 4 members (excludes halogenated alkanes) is 12. The molecule has 278 valence electrons. The summed E-state index contributed by atoms with van der Waals surface area (Å²) in [6.07, 6.45) is 42.4. The Balaban J connectivity index is 4.19. The largest absolute Gasteiger partial charge is 0.472 e. The van der Waals surface area contributed by atoms with E-state index in [9.17, 15) is 14.3 Å². The Morgan fingerprint density at radius 2 is 1.17 bits per heavy atom. The number of phosphoric ester groups is 1. The van der Waals surface area contributed by atoms with Crippen molar-refractivity contribution < 1.29 is 32.8 Å². The van der Waals surface area contributed by atoms with Gasteiger partial charge in [0.25, 0.3) is 0 Å². The van der Waals surface area contributed by atoms with Crippen LogP contribution in [0, 0.1) is 0 Å². The molecule has 0 bridgehead atoms. The molecular weight excluding hydrogens is 625 g/mol. The van der Waals surface area contributed by atoms with Crippen LogP contribution in [0.15, 0.2) is 60.8 Å². The molecule has 0 saturated heterocycles. The van der Waals surface area contributed by atoms with Gasteiger partial charge in [-0.1, -0.05) is 139 Å². The third-order valence-corrected chi connectivity index (χ3v) is 8.43. The molecule has 0 saturated carbocycles. The Kier molecular flexibility index (Phi) is 35.1. The lowest BCUT2D eigenvalue weighted by Crippen LogP contribution is -2.28. The van der Waals surface area contributed by atoms with Gasteiger partial charge in [0, 0.05) is 19.6 Å². The standard InChI is InChI=1S/C39H70NO7P/c1-3-5-7-9-11-13-15-16-17-18-19-20-21-23-25-27-29-31-34-44-36-38(37-46-48(42,43)45-35-33-40)47-39(41)32-30-28-26-24-22-14-12-10-8-6-4-2/h5,7,11,13,16-17,19-20,23,25,38H,3-4,6,8-10,12,14-15,18,21-22,24,26-37,40H2,1-2H3,(H,42,43)/b7-5-,13-11-,17-16-,20-19-,25-23-. The van der Waals surface area contributed by atoms with Gasteiger partial charge >= 0.3 is 13.8 Å². The molecule has 0 aliphatic heterocycles. The van der Waals surface area contributed by atoms with Gasteiger partial charge in [-0.25, -0.2) is 4.57 Å². The molecule has 0 aliphatic carbocycles. The average Bonchev–Trinajstić information content (AvgIpc) is 3.07. The van der Waals surface area contributed by atoms with E-state index in [0.717, 1.165) is 70.6 Å². The van der Waals surface area contributed by atoms with E-state index < -0.39 is 13.9 Å². The lowest BCUT2D eigenvalue weighted by atomic mass is 10.1. The van der Waals surface area contributed by atoms with Gasteiger partial charge in [0.05, 0.1) is 19.8 Å². The summed E-state index contributed by atoms with van der Waals surface area (Å²) in [5.41, 5.74) is 5.34. The van der Waals surface area contributed by atoms with E-state index in [4.69, 9.17) is 24.3 Å². The summed E-state index contributed by atoms with van der Waals surface area (Å²) in [7, 11) is -4.28. The van der Waals surface area contributed by atoms with Crippen molar-refractivity contribution >= 4 is 13.8 Å². The van der Waals surface area contributed by atoms with Crippen LogP contribution in [0.4, 0.5) is 0 Å². The lowest BCUT2D eigenvalue weighted by Gasteiger charge is -2.20. The van der Waals surface area contributed by atoms with Crippen molar-refractivity contribution in [1.82, 2.24) is 0 Å². The van der Waals surface area contributed by atoms with E-state index in [-0.39, 0.29) is 32.3 Å². The summed E-state index contributed by atoms with van der Waals surface area (Å²) in [6.45, 7) is 4.66. The van der Waals surface area contributed by atoms with Crippen molar-refractivity contribution in [2.24, 2.45) is 5.73 Å². The van der Waals surface area contributed by atoms with Crippen molar-refractivity contribution in [2.75, 3.05) is 33.0 Å². The summed E-state index contributed by atoms with van der Waals surface area (Å²) >= 11 is 0. The molecule has 0 radical (unpaired) electrons. The Morgan fingerprint density at radius 3 is 1.71 bits per heavy atom. The number of hydrogen-bond donors (Lipinski definition) is 2. The molecule has 0 aliphatic rings. The van der Waals surface area contributed by atoms with Gasteiger partial charge in [-0.15, -0.1) is 0 Å². The summed E-state index contributed by atoms with van der Waals surface area (Å²) < 4.78 is 33.2. The van der Waals surface area contributed by atoms with Gasteiger partial charge in [0.2, 0.25) is 0 Å². The second-order valence-corrected chi connectivity index (χ2v) is 13.5. The van der Waals surface area contributed by atoms with Crippen LogP contribution >= 0.6 is 7.82 Å². The zero-order valence-corrected chi connectivity index (χ0v) is 31.3. The van der Waals surface area contributed by atoms with E-state index in [1.165, 1.54) is 51.4 Å². The Hall–Kier alpha value is -1.80. The number of ether oxygens (including phenoxy) is 2. The van der Waals surface area contributed by atoms with Gasteiger partial charge in [0.15, 0.2) is 0 Å². The van der Waals surface area contributed by atoms with Crippen LogP contribution in [-0.4, -0.2) is 49.9 Å². The molecular formula is C39H70NO7P. The summed E-state index contributed by atoms with van der Waals surface area (Å²) in [5, 5.41) is 0. The van der Waals surface area contributed by atoms with Gasteiger partial charge in [-0.3, -0.25) is 13.8 Å². The minimum atomic E-state index is -4.28. The minimum absolute atomic E-state index is 0.0859. The topological polar surface area (TPSA) is 117 Å². The average molecular weight is 696 g/mol. The first-order valence-electron chi connectivity index (χ1n) is 18.8. The quantitative estimate of drug-likeness (QED) is 0.0291. The minimum Gasteiger partial charge on any atom is -0.457 e. The first-order valence-corrected chi connectivity index (χ1v) is 20.3. The predicted octanol–water partition coefficient (Wildman–Crippen LogP) is 10.6. The molecule has 2 atom stereocenters. The van der Waals surface area contributed by atoms with Crippen LogP contribution in [0.5, 0.6) is 0 Å². The maximum atomic E-state index is 12.5. The predicted molar refractivity (Wildman–Crippen MR) is 201 cm³/mol. The van der Waals surface area contributed by atoms with Crippen LogP contribution in [0.25, 0.3) is 0 Å². The first-order chi connectivity index (χ1) is 23.4. The molecule has 0 amide bonds. The lowest BCUT2D eigenvalue weighted by molar-refractivity contribution is -0.154. The third kappa shape index (κ3) is 35.5. The van der Waals surface area contributed by atoms with Gasteiger partial charge in [-0.05, 0) is 57.8 Å². The van der Waals surface area contributed by atoms with Crippen LogP contribution < -0.4 is 5.73 Å². The highest BCUT2D eigenvalue weighted by molar-refractivity contribution is 7.47. The molecule has 0 aromatic rings. The van der Waals surface area contributed by atoms with E-state index in [0.29, 0.717) is 13.0 Å². The molecule has 0 fully saturated rings. The number of nitrogens with two attached hydrogens (primary N) is 1. The smallest absolute Gasteiger partial charge is 0.457 e. The second-order valence-electron chi connectivity index (χ2n) is 12.1. The van der Waals surface area contributed by atoms with Crippen molar-refractivity contribution in [3.05, 3.63) is 60.8 Å². The SMILES string of the molecule is CC/C=C\C/C=C\C/C=C\C/C=C\C/C=C\CCCCOCC(COP(=O)(O)OCCN)OC(=O)CCCCCCCCCCCCC. The normalized spacial score (nSPS) is 14.3. The van der Waals surface area contributed by atoms with Crippen molar-refractivity contribution in [3.8, 4) is 0 Å². The zero-order chi connectivity index (χ0) is 35.2. The van der Waals surface area contributed by atoms with Crippen LogP contribution in [0.1, 0.15) is 142 Å². The highest BCUT2D eigenvalue weighted by Crippen LogP contribution is 2.43. The number of allylic oxidation sites excluding steroid dienone is 10. The molecule has 0 aromatic carbocycles. The fourth-order valence-corrected chi connectivity index (χ4v) is 5.49. The van der Waals surface area contributed by atoms with Gasteiger partial charge < -0.3 is 20.1 Å². The highest BCUT2D eigenvalue weighted by atomic mass is 31.2. The number of phosphoric acid groups is 1. The van der Waals surface area contributed by atoms with Crippen LogP contribution in [0.3, 0.4) is 0 Å². The molecule has 8 nitrogen and oxygen atoms in total. The third-order valence-electron chi connectivity index (χ3n) is 7.45. The fourth-order valence-electron chi connectivity index (χ4n) is 4.73. The number of hydrogen-bond acceptors (Lipinski definition) is 7.